The van der Waals surface area contributed by atoms with Crippen molar-refractivity contribution in [1.29, 1.82) is 0 Å². The summed E-state index contributed by atoms with van der Waals surface area (Å²) in [6.07, 6.45) is 6.37. The quantitative estimate of drug-likeness (QED) is 0.397. The van der Waals surface area contributed by atoms with Gasteiger partial charge in [0.2, 0.25) is 10.0 Å². The van der Waals surface area contributed by atoms with Gasteiger partial charge in [-0.3, -0.25) is 4.79 Å². The molecule has 1 amide bonds. The molecule has 0 heterocycles. The Kier molecular flexibility index (Phi) is 6.99. The molecule has 0 saturated heterocycles. The molecule has 0 saturated carbocycles. The minimum atomic E-state index is -3.75. The number of benzene rings is 1. The summed E-state index contributed by atoms with van der Waals surface area (Å²) < 4.78 is 31.0. The number of carbonyl (C=O) groups is 2. The van der Waals surface area contributed by atoms with Crippen LogP contribution in [-0.4, -0.2) is 40.0 Å². The van der Waals surface area contributed by atoms with E-state index in [4.69, 9.17) is 11.2 Å². The molecule has 2 N–H and O–H groups in total. The first-order valence-electron chi connectivity index (χ1n) is 6.48. The van der Waals surface area contributed by atoms with Crippen LogP contribution in [0, 0.1) is 12.3 Å². The topological polar surface area (TPSA) is 102 Å². The third kappa shape index (κ3) is 5.94. The summed E-state index contributed by atoms with van der Waals surface area (Å²) >= 11 is 0. The zero-order valence-electron chi connectivity index (χ0n) is 12.2. The molecule has 0 bridgehead atoms. The minimum Gasteiger partial charge on any atom is -0.452 e. The van der Waals surface area contributed by atoms with Crippen LogP contribution >= 0.6 is 0 Å². The molecule has 0 aliphatic carbocycles. The van der Waals surface area contributed by atoms with Crippen LogP contribution in [0.4, 0.5) is 0 Å². The molecule has 0 fully saturated rings. The lowest BCUT2D eigenvalue weighted by Gasteiger charge is -2.07. The highest BCUT2D eigenvalue weighted by Gasteiger charge is 2.16. The Morgan fingerprint density at radius 3 is 2.78 bits per heavy atom. The lowest BCUT2D eigenvalue weighted by atomic mass is 10.2. The van der Waals surface area contributed by atoms with Gasteiger partial charge in [-0.15, -0.1) is 13.0 Å². The van der Waals surface area contributed by atoms with Crippen LogP contribution in [0.25, 0.3) is 0 Å². The molecular formula is C15H16N2O5S. The first kappa shape index (κ1) is 18.4. The summed E-state index contributed by atoms with van der Waals surface area (Å²) in [7, 11) is -3.75. The summed E-state index contributed by atoms with van der Waals surface area (Å²) in [6, 6.07) is 5.28. The first-order chi connectivity index (χ1) is 10.9. The molecule has 7 nitrogen and oxygen atoms in total. The van der Waals surface area contributed by atoms with Gasteiger partial charge < -0.3 is 10.1 Å². The number of hydrogen-bond acceptors (Lipinski definition) is 5. The van der Waals surface area contributed by atoms with Crippen molar-refractivity contribution in [3.8, 4) is 12.3 Å². The number of hydrogen-bond donors (Lipinski definition) is 2. The Hall–Kier alpha value is -2.63. The average molecular weight is 336 g/mol. The van der Waals surface area contributed by atoms with Crippen molar-refractivity contribution in [1.82, 2.24) is 10.0 Å². The normalized spacial score (nSPS) is 10.4. The maximum Gasteiger partial charge on any atom is 0.338 e. The van der Waals surface area contributed by atoms with Crippen LogP contribution in [0.15, 0.2) is 41.8 Å². The summed E-state index contributed by atoms with van der Waals surface area (Å²) in [5.74, 6) is 0.839. The summed E-state index contributed by atoms with van der Waals surface area (Å²) in [5, 5.41) is 2.33. The van der Waals surface area contributed by atoms with Crippen LogP contribution in [0.2, 0.25) is 0 Å². The van der Waals surface area contributed by atoms with E-state index in [1.165, 1.54) is 24.3 Å². The van der Waals surface area contributed by atoms with Gasteiger partial charge in [0.25, 0.3) is 5.91 Å². The van der Waals surface area contributed by atoms with Crippen LogP contribution in [0.1, 0.15) is 10.4 Å². The molecule has 0 atom stereocenters. The second-order valence-corrected chi connectivity index (χ2v) is 5.99. The number of terminal acetylenes is 1. The van der Waals surface area contributed by atoms with Gasteiger partial charge in [-0.1, -0.05) is 18.1 Å². The first-order valence-corrected chi connectivity index (χ1v) is 7.97. The standard InChI is InChI=1S/C15H16N2O5S/c1-3-8-16-14(18)11-22-15(19)12-6-5-7-13(10-12)23(20,21)17-9-4-2/h1,4-7,10,17H,2,8-9,11H2,(H,16,18). The lowest BCUT2D eigenvalue weighted by Crippen LogP contribution is -2.29. The van der Waals surface area contributed by atoms with E-state index < -0.39 is 28.5 Å². The Morgan fingerprint density at radius 2 is 2.13 bits per heavy atom. The van der Waals surface area contributed by atoms with Gasteiger partial charge in [0.05, 0.1) is 17.0 Å². The van der Waals surface area contributed by atoms with Crippen molar-refractivity contribution in [2.75, 3.05) is 19.7 Å². The Balaban J connectivity index is 2.76. The van der Waals surface area contributed by atoms with E-state index in [0.29, 0.717) is 0 Å². The molecule has 0 aromatic heterocycles. The predicted molar refractivity (Wildman–Crippen MR) is 84.0 cm³/mol. The van der Waals surface area contributed by atoms with Crippen LogP contribution < -0.4 is 10.0 Å². The zero-order valence-corrected chi connectivity index (χ0v) is 13.1. The minimum absolute atomic E-state index is 0.0104. The third-order valence-electron chi connectivity index (χ3n) is 2.52. The molecular weight excluding hydrogens is 320 g/mol. The van der Waals surface area contributed by atoms with Crippen LogP contribution in [0.5, 0.6) is 0 Å². The monoisotopic (exact) mass is 336 g/mol. The number of amides is 1. The van der Waals surface area contributed by atoms with Gasteiger partial charge in [0.15, 0.2) is 6.61 Å². The van der Waals surface area contributed by atoms with Crippen LogP contribution in [0.3, 0.4) is 0 Å². The Bertz CT molecular complexity index is 734. The highest BCUT2D eigenvalue weighted by Crippen LogP contribution is 2.12. The van der Waals surface area contributed by atoms with Gasteiger partial charge in [-0.05, 0) is 18.2 Å². The van der Waals surface area contributed by atoms with Crippen molar-refractivity contribution >= 4 is 21.9 Å². The van der Waals surface area contributed by atoms with Gasteiger partial charge in [0.1, 0.15) is 0 Å². The number of sulfonamides is 1. The second-order valence-electron chi connectivity index (χ2n) is 4.23. The molecule has 23 heavy (non-hydrogen) atoms. The van der Waals surface area contributed by atoms with E-state index in [2.05, 4.69) is 22.5 Å². The largest absolute Gasteiger partial charge is 0.452 e. The van der Waals surface area contributed by atoms with Crippen molar-refractivity contribution in [2.45, 2.75) is 4.90 Å². The highest BCUT2D eigenvalue weighted by atomic mass is 32.2. The van der Waals surface area contributed by atoms with Gasteiger partial charge >= 0.3 is 5.97 Å². The SMILES string of the molecule is C#CCNC(=O)COC(=O)c1cccc(S(=O)(=O)NCC=C)c1. The van der Waals surface area contributed by atoms with Crippen molar-refractivity contribution < 1.29 is 22.7 Å². The zero-order chi connectivity index (χ0) is 17.3. The van der Waals surface area contributed by atoms with Gasteiger partial charge in [-0.2, -0.15) is 0 Å². The van der Waals surface area contributed by atoms with E-state index in [1.54, 1.807) is 0 Å². The number of esters is 1. The smallest absolute Gasteiger partial charge is 0.338 e. The van der Waals surface area contributed by atoms with E-state index >= 15 is 0 Å². The van der Waals surface area contributed by atoms with Gasteiger partial charge in [0, 0.05) is 6.54 Å². The van der Waals surface area contributed by atoms with Gasteiger partial charge in [-0.25, -0.2) is 17.9 Å². The predicted octanol–water partition coefficient (Wildman–Crippen LogP) is 0.0571. The fourth-order valence-corrected chi connectivity index (χ4v) is 2.50. The fraction of sp³-hybridized carbons (Fsp3) is 0.200. The molecule has 0 aliphatic rings. The summed E-state index contributed by atoms with van der Waals surface area (Å²) in [5.41, 5.74) is 0.0104. The highest BCUT2D eigenvalue weighted by molar-refractivity contribution is 7.89. The maximum atomic E-state index is 12.0. The van der Waals surface area contributed by atoms with E-state index in [-0.39, 0.29) is 23.5 Å². The molecule has 1 rings (SSSR count). The fourth-order valence-electron chi connectivity index (χ4n) is 1.46. The molecule has 8 heteroatoms. The number of ether oxygens (including phenoxy) is 1. The Labute approximate surface area is 134 Å². The Morgan fingerprint density at radius 1 is 1.39 bits per heavy atom. The molecule has 0 unspecified atom stereocenters. The number of rotatable bonds is 8. The molecule has 122 valence electrons. The van der Waals surface area contributed by atoms with E-state index in [1.807, 2.05) is 0 Å². The second kappa shape index (κ2) is 8.73. The van der Waals surface area contributed by atoms with E-state index in [0.717, 1.165) is 6.07 Å². The molecule has 1 aromatic rings. The van der Waals surface area contributed by atoms with Crippen molar-refractivity contribution in [3.05, 3.63) is 42.5 Å². The van der Waals surface area contributed by atoms with Crippen molar-refractivity contribution in [3.63, 3.8) is 0 Å². The lowest BCUT2D eigenvalue weighted by molar-refractivity contribution is -0.123. The number of carbonyl (C=O) groups excluding carboxylic acids is 2. The van der Waals surface area contributed by atoms with Crippen LogP contribution in [-0.2, 0) is 19.6 Å². The summed E-state index contributed by atoms with van der Waals surface area (Å²) in [6.45, 7) is 3.00. The molecule has 0 aliphatic heterocycles. The molecule has 0 radical (unpaired) electrons. The van der Waals surface area contributed by atoms with Crippen molar-refractivity contribution in [2.24, 2.45) is 0 Å². The molecule has 0 spiro atoms. The summed E-state index contributed by atoms with van der Waals surface area (Å²) in [4.78, 5) is 23.0. The number of nitrogens with one attached hydrogen (secondary N) is 2. The third-order valence-corrected chi connectivity index (χ3v) is 3.94. The molecule has 1 aromatic carbocycles. The average Bonchev–Trinajstić information content (AvgIpc) is 2.56. The van der Waals surface area contributed by atoms with E-state index in [9.17, 15) is 18.0 Å². The maximum absolute atomic E-state index is 12.0.